The van der Waals surface area contributed by atoms with Crippen molar-refractivity contribution >= 4 is 37.5 Å². The molecule has 0 aromatic heterocycles. The summed E-state index contributed by atoms with van der Waals surface area (Å²) in [6.07, 6.45) is 0. The van der Waals surface area contributed by atoms with E-state index in [9.17, 15) is 13.2 Å². The maximum atomic E-state index is 13.6. The molecule has 0 saturated carbocycles. The van der Waals surface area contributed by atoms with Gasteiger partial charge in [0.15, 0.2) is 6.61 Å². The molecule has 0 radical (unpaired) electrons. The summed E-state index contributed by atoms with van der Waals surface area (Å²) in [4.78, 5) is 13.4. The first-order chi connectivity index (χ1) is 16.4. The van der Waals surface area contributed by atoms with Crippen molar-refractivity contribution in [3.05, 3.63) is 82.3 Å². The molecule has 0 spiro atoms. The summed E-state index contributed by atoms with van der Waals surface area (Å²) in [6.45, 7) is 9.86. The summed E-state index contributed by atoms with van der Waals surface area (Å²) in [7, 11) is -4.19. The Bertz CT molecular complexity index is 1280. The lowest BCUT2D eigenvalue weighted by atomic mass is 9.86. The van der Waals surface area contributed by atoms with Crippen LogP contribution in [0.1, 0.15) is 38.8 Å². The van der Waals surface area contributed by atoms with Gasteiger partial charge in [0.1, 0.15) is 11.5 Å². The number of hydrogen-bond acceptors (Lipinski definition) is 5. The van der Waals surface area contributed by atoms with Gasteiger partial charge in [-0.2, -0.15) is 4.31 Å². The molecule has 0 fully saturated rings. The molecule has 186 valence electrons. The zero-order valence-electron chi connectivity index (χ0n) is 20.5. The van der Waals surface area contributed by atoms with Crippen molar-refractivity contribution in [2.45, 2.75) is 44.9 Å². The highest BCUT2D eigenvalue weighted by Gasteiger charge is 2.32. The number of amides is 1. The first-order valence-electron chi connectivity index (χ1n) is 11.2. The first kappa shape index (κ1) is 26.8. The molecule has 3 rings (SSSR count). The highest BCUT2D eigenvalue weighted by atomic mass is 79.9. The van der Waals surface area contributed by atoms with Crippen LogP contribution in [0.2, 0.25) is 0 Å². The van der Waals surface area contributed by atoms with Crippen molar-refractivity contribution < 1.29 is 22.7 Å². The average molecular weight is 561 g/mol. The molecule has 0 aliphatic heterocycles. The SMILES string of the molecule is CCOc1ccc(N(C(=O)COc2ccc(Br)cc2C(C)(C)C)S(=O)(=O)c2ccc(C)cc2)cc1. The highest BCUT2D eigenvalue weighted by Crippen LogP contribution is 2.34. The minimum atomic E-state index is -4.19. The number of halogens is 1. The fraction of sp³-hybridized carbons (Fsp3) is 0.296. The molecule has 1 amide bonds. The lowest BCUT2D eigenvalue weighted by Crippen LogP contribution is -2.40. The summed E-state index contributed by atoms with van der Waals surface area (Å²) in [5.41, 5.74) is 1.77. The first-order valence-corrected chi connectivity index (χ1v) is 13.5. The molecule has 0 aliphatic carbocycles. The third-order valence-electron chi connectivity index (χ3n) is 5.27. The lowest BCUT2D eigenvalue weighted by molar-refractivity contribution is -0.119. The van der Waals surface area contributed by atoms with Crippen molar-refractivity contribution in [2.24, 2.45) is 0 Å². The Morgan fingerprint density at radius 1 is 0.943 bits per heavy atom. The summed E-state index contributed by atoms with van der Waals surface area (Å²) >= 11 is 3.48. The quantitative estimate of drug-likeness (QED) is 0.326. The van der Waals surface area contributed by atoms with Crippen LogP contribution in [0.4, 0.5) is 5.69 Å². The number of anilines is 1. The van der Waals surface area contributed by atoms with E-state index in [2.05, 4.69) is 15.9 Å². The largest absolute Gasteiger partial charge is 0.494 e. The summed E-state index contributed by atoms with van der Waals surface area (Å²) in [5, 5.41) is 0. The Balaban J connectivity index is 1.98. The molecule has 0 aliphatic rings. The maximum absolute atomic E-state index is 13.6. The molecule has 0 bridgehead atoms. The molecule has 0 saturated heterocycles. The Labute approximate surface area is 216 Å². The van der Waals surface area contributed by atoms with Crippen LogP contribution in [0, 0.1) is 6.92 Å². The standard InChI is InChI=1S/C27H30BrNO5S/c1-6-33-22-12-10-21(11-13-22)29(35(31,32)23-14-7-19(2)8-15-23)26(30)18-34-25-16-9-20(28)17-24(25)27(3,4)5/h7-17H,6,18H2,1-5H3. The molecular formula is C27H30BrNO5S. The van der Waals surface area contributed by atoms with E-state index >= 15 is 0 Å². The van der Waals surface area contributed by atoms with E-state index in [-0.39, 0.29) is 16.0 Å². The molecule has 0 heterocycles. The van der Waals surface area contributed by atoms with Crippen LogP contribution in [-0.4, -0.2) is 27.5 Å². The van der Waals surface area contributed by atoms with Crippen molar-refractivity contribution in [1.29, 1.82) is 0 Å². The Kier molecular flexibility index (Phi) is 8.28. The third kappa shape index (κ3) is 6.44. The number of sulfonamides is 1. The molecule has 0 atom stereocenters. The van der Waals surface area contributed by atoms with Crippen LogP contribution in [0.25, 0.3) is 0 Å². The normalized spacial score (nSPS) is 11.7. The van der Waals surface area contributed by atoms with Gasteiger partial charge in [0.25, 0.3) is 15.9 Å². The van der Waals surface area contributed by atoms with Gasteiger partial charge < -0.3 is 9.47 Å². The van der Waals surface area contributed by atoms with E-state index in [0.29, 0.717) is 18.1 Å². The number of ether oxygens (including phenoxy) is 2. The Hall–Kier alpha value is -2.84. The van der Waals surface area contributed by atoms with E-state index in [1.54, 1.807) is 42.5 Å². The van der Waals surface area contributed by atoms with Crippen LogP contribution < -0.4 is 13.8 Å². The van der Waals surface area contributed by atoms with Gasteiger partial charge in [0.2, 0.25) is 0 Å². The van der Waals surface area contributed by atoms with Gasteiger partial charge in [0.05, 0.1) is 17.2 Å². The zero-order valence-corrected chi connectivity index (χ0v) is 22.9. The number of carbonyl (C=O) groups excluding carboxylic acids is 1. The Morgan fingerprint density at radius 3 is 2.14 bits per heavy atom. The van der Waals surface area contributed by atoms with Crippen LogP contribution in [0.15, 0.2) is 76.1 Å². The summed E-state index contributed by atoms with van der Waals surface area (Å²) in [6, 6.07) is 18.3. The lowest BCUT2D eigenvalue weighted by Gasteiger charge is -2.25. The summed E-state index contributed by atoms with van der Waals surface area (Å²) < 4.78 is 40.2. The molecule has 8 heteroatoms. The van der Waals surface area contributed by atoms with E-state index < -0.39 is 22.5 Å². The fourth-order valence-corrected chi connectivity index (χ4v) is 5.26. The van der Waals surface area contributed by atoms with Crippen LogP contribution in [-0.2, 0) is 20.2 Å². The second-order valence-corrected chi connectivity index (χ2v) is 11.8. The molecule has 6 nitrogen and oxygen atoms in total. The van der Waals surface area contributed by atoms with Gasteiger partial charge in [-0.3, -0.25) is 4.79 Å². The van der Waals surface area contributed by atoms with Gasteiger partial charge in [0, 0.05) is 10.0 Å². The van der Waals surface area contributed by atoms with E-state index in [1.807, 2.05) is 46.8 Å². The van der Waals surface area contributed by atoms with Gasteiger partial charge in [-0.1, -0.05) is 54.4 Å². The second-order valence-electron chi connectivity index (χ2n) is 9.08. The molecule has 35 heavy (non-hydrogen) atoms. The van der Waals surface area contributed by atoms with Crippen molar-refractivity contribution in [3.8, 4) is 11.5 Å². The van der Waals surface area contributed by atoms with Crippen LogP contribution in [0.3, 0.4) is 0 Å². The predicted octanol–water partition coefficient (Wildman–Crippen LogP) is 6.25. The molecule has 3 aromatic rings. The second kappa shape index (κ2) is 10.8. The van der Waals surface area contributed by atoms with E-state index in [1.165, 1.54) is 12.1 Å². The van der Waals surface area contributed by atoms with Crippen molar-refractivity contribution in [1.82, 2.24) is 0 Å². The van der Waals surface area contributed by atoms with Crippen LogP contribution in [0.5, 0.6) is 11.5 Å². The minimum absolute atomic E-state index is 0.0179. The number of rotatable bonds is 8. The number of aryl methyl sites for hydroxylation is 1. The van der Waals surface area contributed by atoms with E-state index in [4.69, 9.17) is 9.47 Å². The third-order valence-corrected chi connectivity index (χ3v) is 7.53. The number of carbonyl (C=O) groups is 1. The average Bonchev–Trinajstić information content (AvgIpc) is 2.79. The van der Waals surface area contributed by atoms with Crippen molar-refractivity contribution in [3.63, 3.8) is 0 Å². The Morgan fingerprint density at radius 2 is 1.57 bits per heavy atom. The van der Waals surface area contributed by atoms with Crippen LogP contribution >= 0.6 is 15.9 Å². The molecular weight excluding hydrogens is 530 g/mol. The number of benzene rings is 3. The maximum Gasteiger partial charge on any atom is 0.278 e. The van der Waals surface area contributed by atoms with Crippen molar-refractivity contribution in [2.75, 3.05) is 17.5 Å². The molecule has 3 aromatic carbocycles. The minimum Gasteiger partial charge on any atom is -0.494 e. The van der Waals surface area contributed by atoms with Gasteiger partial charge in [-0.25, -0.2) is 8.42 Å². The smallest absolute Gasteiger partial charge is 0.278 e. The molecule has 0 unspecified atom stereocenters. The topological polar surface area (TPSA) is 72.9 Å². The fourth-order valence-electron chi connectivity index (χ4n) is 3.49. The van der Waals surface area contributed by atoms with Gasteiger partial charge >= 0.3 is 0 Å². The predicted molar refractivity (Wildman–Crippen MR) is 142 cm³/mol. The summed E-state index contributed by atoms with van der Waals surface area (Å²) in [5.74, 6) is 0.392. The van der Waals surface area contributed by atoms with Gasteiger partial charge in [-0.15, -0.1) is 0 Å². The van der Waals surface area contributed by atoms with Gasteiger partial charge in [-0.05, 0) is 73.9 Å². The monoisotopic (exact) mass is 559 g/mol. The molecule has 0 N–H and O–H groups in total. The van der Waals surface area contributed by atoms with E-state index in [0.717, 1.165) is 19.9 Å². The number of nitrogens with zero attached hydrogens (tertiary/aromatic N) is 1. The highest BCUT2D eigenvalue weighted by molar-refractivity contribution is 9.10. The number of hydrogen-bond donors (Lipinski definition) is 0. The zero-order chi connectivity index (χ0) is 25.8.